The number of nitrogens with zero attached hydrogens (tertiary/aromatic N) is 2. The van der Waals surface area contributed by atoms with Gasteiger partial charge in [-0.05, 0) is 30.2 Å². The lowest BCUT2D eigenvalue weighted by molar-refractivity contribution is 0.372. The van der Waals surface area contributed by atoms with E-state index in [0.717, 1.165) is 22.0 Å². The highest BCUT2D eigenvalue weighted by atomic mass is 16.5. The van der Waals surface area contributed by atoms with Crippen LogP contribution in [0.25, 0.3) is 10.9 Å². The van der Waals surface area contributed by atoms with Crippen molar-refractivity contribution in [1.82, 2.24) is 14.5 Å². The average Bonchev–Trinajstić information content (AvgIpc) is 3.27. The molecule has 2 N–H and O–H groups in total. The molecule has 0 radical (unpaired) electrons. The van der Waals surface area contributed by atoms with Crippen molar-refractivity contribution < 1.29 is 9.84 Å². The highest BCUT2D eigenvalue weighted by molar-refractivity contribution is 5.86. The molecule has 1 unspecified atom stereocenters. The van der Waals surface area contributed by atoms with Gasteiger partial charge in [0.2, 0.25) is 0 Å². The fraction of sp³-hybridized carbons (Fsp3) is 0.150. The minimum absolute atomic E-state index is 0.102. The number of imidazole rings is 1. The van der Waals surface area contributed by atoms with Gasteiger partial charge in [0.05, 0.1) is 19.5 Å². The number of benzene rings is 2. The summed E-state index contributed by atoms with van der Waals surface area (Å²) < 4.78 is 7.21. The Bertz CT molecular complexity index is 1020. The van der Waals surface area contributed by atoms with Crippen LogP contribution in [0.5, 0.6) is 11.5 Å². The second-order valence-electron chi connectivity index (χ2n) is 6.09. The second-order valence-corrected chi connectivity index (χ2v) is 6.09. The molecule has 0 saturated carbocycles. The van der Waals surface area contributed by atoms with Crippen LogP contribution >= 0.6 is 0 Å². The molecule has 0 saturated heterocycles. The minimum Gasteiger partial charge on any atom is -0.504 e. The first-order chi connectivity index (χ1) is 12.2. The van der Waals surface area contributed by atoms with Crippen molar-refractivity contribution in [3.05, 3.63) is 78.0 Å². The Balaban J connectivity index is 1.93. The number of hydrogen-bond donors (Lipinski definition) is 2. The van der Waals surface area contributed by atoms with Crippen LogP contribution in [-0.4, -0.2) is 26.8 Å². The van der Waals surface area contributed by atoms with Crippen LogP contribution in [0.1, 0.15) is 22.7 Å². The summed E-state index contributed by atoms with van der Waals surface area (Å²) in [6.07, 6.45) is 7.52. The van der Waals surface area contributed by atoms with Gasteiger partial charge in [0.25, 0.3) is 0 Å². The molecule has 0 aliphatic heterocycles. The second kappa shape index (κ2) is 6.02. The number of aryl methyl sites for hydroxylation is 1. The number of aromatic hydroxyl groups is 1. The normalized spacial score (nSPS) is 12.4. The van der Waals surface area contributed by atoms with Gasteiger partial charge in [0.1, 0.15) is 0 Å². The molecule has 4 aromatic rings. The van der Waals surface area contributed by atoms with Gasteiger partial charge in [-0.2, -0.15) is 0 Å². The van der Waals surface area contributed by atoms with E-state index in [9.17, 15) is 5.11 Å². The largest absolute Gasteiger partial charge is 0.504 e. The van der Waals surface area contributed by atoms with Gasteiger partial charge in [-0.15, -0.1) is 0 Å². The maximum atomic E-state index is 10.2. The summed E-state index contributed by atoms with van der Waals surface area (Å²) in [6.45, 7) is 2.09. The van der Waals surface area contributed by atoms with Crippen molar-refractivity contribution in [1.29, 1.82) is 0 Å². The number of H-pyrrole nitrogens is 1. The summed E-state index contributed by atoms with van der Waals surface area (Å²) in [4.78, 5) is 7.58. The molecule has 0 aliphatic carbocycles. The van der Waals surface area contributed by atoms with E-state index in [1.165, 1.54) is 5.56 Å². The monoisotopic (exact) mass is 333 g/mol. The van der Waals surface area contributed by atoms with Crippen molar-refractivity contribution in [2.24, 2.45) is 0 Å². The molecule has 5 heteroatoms. The molecular weight excluding hydrogens is 314 g/mol. The molecule has 0 spiro atoms. The number of aromatic nitrogens is 3. The number of phenols is 1. The van der Waals surface area contributed by atoms with Gasteiger partial charge in [-0.25, -0.2) is 4.98 Å². The smallest absolute Gasteiger partial charge is 0.160 e. The van der Waals surface area contributed by atoms with E-state index in [2.05, 4.69) is 35.1 Å². The SMILES string of the molecule is COc1ccc(C(c2c[nH]c3c(C)cccc23)n2ccnc2)cc1O. The van der Waals surface area contributed by atoms with Gasteiger partial charge >= 0.3 is 0 Å². The van der Waals surface area contributed by atoms with E-state index in [-0.39, 0.29) is 11.8 Å². The Kier molecular flexibility index (Phi) is 3.69. The minimum atomic E-state index is -0.102. The maximum Gasteiger partial charge on any atom is 0.160 e. The maximum absolute atomic E-state index is 10.2. The Morgan fingerprint density at radius 1 is 1.24 bits per heavy atom. The van der Waals surface area contributed by atoms with Crippen LogP contribution in [0.15, 0.2) is 61.3 Å². The summed E-state index contributed by atoms with van der Waals surface area (Å²) in [6, 6.07) is 11.7. The van der Waals surface area contributed by atoms with Crippen LogP contribution in [0.4, 0.5) is 0 Å². The molecule has 5 nitrogen and oxygen atoms in total. The number of ether oxygens (including phenoxy) is 1. The lowest BCUT2D eigenvalue weighted by Crippen LogP contribution is -2.10. The molecule has 0 bridgehead atoms. The summed E-state index contributed by atoms with van der Waals surface area (Å²) in [5.41, 5.74) is 4.41. The topological polar surface area (TPSA) is 63.1 Å². The fourth-order valence-corrected chi connectivity index (χ4v) is 3.37. The first kappa shape index (κ1) is 15.3. The van der Waals surface area contributed by atoms with Crippen LogP contribution in [-0.2, 0) is 0 Å². The third kappa shape index (κ3) is 2.54. The Morgan fingerprint density at radius 2 is 2.12 bits per heavy atom. The van der Waals surface area contributed by atoms with Gasteiger partial charge in [-0.3, -0.25) is 0 Å². The Hall–Kier alpha value is -3.21. The molecule has 0 aliphatic rings. The summed E-state index contributed by atoms with van der Waals surface area (Å²) in [5.74, 6) is 0.587. The molecule has 0 amide bonds. The van der Waals surface area contributed by atoms with Gasteiger partial charge < -0.3 is 19.4 Å². The molecule has 25 heavy (non-hydrogen) atoms. The number of hydrogen-bond acceptors (Lipinski definition) is 3. The number of para-hydroxylation sites is 1. The zero-order chi connectivity index (χ0) is 17.4. The number of fused-ring (bicyclic) bond motifs is 1. The Labute approximate surface area is 145 Å². The molecule has 126 valence electrons. The lowest BCUT2D eigenvalue weighted by Gasteiger charge is -2.20. The number of nitrogens with one attached hydrogen (secondary N) is 1. The predicted molar refractivity (Wildman–Crippen MR) is 97.2 cm³/mol. The third-order valence-electron chi connectivity index (χ3n) is 4.59. The predicted octanol–water partition coefficient (Wildman–Crippen LogP) is 4.02. The number of phenolic OH excluding ortho intramolecular Hbond substituents is 1. The van der Waals surface area contributed by atoms with Crippen molar-refractivity contribution in [2.45, 2.75) is 13.0 Å². The number of methoxy groups -OCH3 is 1. The highest BCUT2D eigenvalue weighted by Crippen LogP contribution is 2.36. The summed E-state index contributed by atoms with van der Waals surface area (Å²) in [5, 5.41) is 11.4. The first-order valence-corrected chi connectivity index (χ1v) is 8.10. The Morgan fingerprint density at radius 3 is 2.84 bits per heavy atom. The van der Waals surface area contributed by atoms with Crippen LogP contribution in [0.3, 0.4) is 0 Å². The van der Waals surface area contributed by atoms with E-state index >= 15 is 0 Å². The quantitative estimate of drug-likeness (QED) is 0.593. The van der Waals surface area contributed by atoms with Gasteiger partial charge in [0.15, 0.2) is 11.5 Å². The van der Waals surface area contributed by atoms with E-state index in [1.807, 2.05) is 23.0 Å². The zero-order valence-electron chi connectivity index (χ0n) is 14.1. The van der Waals surface area contributed by atoms with Crippen LogP contribution in [0, 0.1) is 6.92 Å². The lowest BCUT2D eigenvalue weighted by atomic mass is 9.97. The average molecular weight is 333 g/mol. The molecular formula is C20H19N3O2. The molecule has 0 fully saturated rings. The highest BCUT2D eigenvalue weighted by Gasteiger charge is 2.21. The van der Waals surface area contributed by atoms with Crippen molar-refractivity contribution in [2.75, 3.05) is 7.11 Å². The summed E-state index contributed by atoms with van der Waals surface area (Å²) in [7, 11) is 1.55. The van der Waals surface area contributed by atoms with Crippen molar-refractivity contribution in [3.8, 4) is 11.5 Å². The number of aromatic amines is 1. The molecule has 1 atom stereocenters. The standard InChI is InChI=1S/C20H19N3O2/c1-13-4-3-5-15-16(11-22-19(13)15)20(23-9-8-21-12-23)14-6-7-18(25-2)17(24)10-14/h3-12,20,22,24H,1-2H3. The van der Waals surface area contributed by atoms with Gasteiger partial charge in [0, 0.05) is 35.1 Å². The number of rotatable bonds is 4. The summed E-state index contributed by atoms with van der Waals surface area (Å²) >= 11 is 0. The third-order valence-corrected chi connectivity index (χ3v) is 4.59. The van der Waals surface area contributed by atoms with Gasteiger partial charge in [-0.1, -0.05) is 24.3 Å². The van der Waals surface area contributed by atoms with E-state index in [1.54, 1.807) is 31.8 Å². The van der Waals surface area contributed by atoms with Crippen molar-refractivity contribution in [3.63, 3.8) is 0 Å². The molecule has 2 heterocycles. The van der Waals surface area contributed by atoms with Crippen LogP contribution < -0.4 is 4.74 Å². The fourth-order valence-electron chi connectivity index (χ4n) is 3.37. The van der Waals surface area contributed by atoms with E-state index in [0.29, 0.717) is 5.75 Å². The van der Waals surface area contributed by atoms with Crippen LogP contribution in [0.2, 0.25) is 0 Å². The van der Waals surface area contributed by atoms with E-state index < -0.39 is 0 Å². The molecule has 2 aromatic heterocycles. The zero-order valence-corrected chi connectivity index (χ0v) is 14.1. The van der Waals surface area contributed by atoms with E-state index in [4.69, 9.17) is 4.74 Å². The first-order valence-electron chi connectivity index (χ1n) is 8.10. The van der Waals surface area contributed by atoms with Crippen molar-refractivity contribution >= 4 is 10.9 Å². The molecule has 4 rings (SSSR count). The molecule has 2 aromatic carbocycles.